The molecule has 25 heavy (non-hydrogen) atoms. The van der Waals surface area contributed by atoms with Gasteiger partial charge in [0.15, 0.2) is 11.5 Å². The molecule has 0 aromatic heterocycles. The molecule has 0 radical (unpaired) electrons. The summed E-state index contributed by atoms with van der Waals surface area (Å²) in [6, 6.07) is 6.37. The Morgan fingerprint density at radius 2 is 1.76 bits per heavy atom. The first-order valence-electron chi connectivity index (χ1n) is 9.14. The van der Waals surface area contributed by atoms with E-state index in [0.29, 0.717) is 19.3 Å². The molecule has 1 aromatic carbocycles. The van der Waals surface area contributed by atoms with E-state index in [0.717, 1.165) is 44.2 Å². The van der Waals surface area contributed by atoms with Crippen LogP contribution in [0.15, 0.2) is 18.2 Å². The van der Waals surface area contributed by atoms with Gasteiger partial charge in [0.05, 0.1) is 6.54 Å². The van der Waals surface area contributed by atoms with Gasteiger partial charge in [0.1, 0.15) is 0 Å². The molecule has 2 aliphatic rings. The lowest BCUT2D eigenvalue weighted by atomic mass is 10.1. The number of amides is 1. The Morgan fingerprint density at radius 1 is 1.08 bits per heavy atom. The molecule has 6 nitrogen and oxygen atoms in total. The summed E-state index contributed by atoms with van der Waals surface area (Å²) >= 11 is 0. The number of fused-ring (bicyclic) bond motifs is 1. The minimum atomic E-state index is 0.130. The molecular weight excluding hydrogens is 318 g/mol. The van der Waals surface area contributed by atoms with E-state index in [-0.39, 0.29) is 11.9 Å². The zero-order chi connectivity index (χ0) is 17.8. The fourth-order valence-corrected chi connectivity index (χ4v) is 3.07. The highest BCUT2D eigenvalue weighted by atomic mass is 16.7. The van der Waals surface area contributed by atoms with E-state index in [2.05, 4.69) is 48.0 Å². The van der Waals surface area contributed by atoms with E-state index >= 15 is 0 Å². The van der Waals surface area contributed by atoms with E-state index in [1.165, 1.54) is 5.56 Å². The van der Waals surface area contributed by atoms with Gasteiger partial charge in [-0.3, -0.25) is 14.6 Å². The van der Waals surface area contributed by atoms with Gasteiger partial charge in [0.25, 0.3) is 0 Å². The van der Waals surface area contributed by atoms with Gasteiger partial charge < -0.3 is 14.8 Å². The molecule has 1 atom stereocenters. The second kappa shape index (κ2) is 8.06. The van der Waals surface area contributed by atoms with Crippen molar-refractivity contribution in [1.82, 2.24) is 15.1 Å². The highest BCUT2D eigenvalue weighted by molar-refractivity contribution is 5.78. The number of piperazine rings is 1. The number of hydrogen-bond donors (Lipinski definition) is 1. The molecule has 0 bridgehead atoms. The van der Waals surface area contributed by atoms with Gasteiger partial charge >= 0.3 is 0 Å². The number of carbonyl (C=O) groups excluding carboxylic acids is 1. The second-order valence-electron chi connectivity index (χ2n) is 7.34. The molecule has 3 rings (SSSR count). The summed E-state index contributed by atoms with van der Waals surface area (Å²) in [5.41, 5.74) is 1.24. The van der Waals surface area contributed by atoms with Crippen molar-refractivity contribution in [1.29, 1.82) is 0 Å². The molecule has 138 valence electrons. The zero-order valence-electron chi connectivity index (χ0n) is 15.5. The fourth-order valence-electron chi connectivity index (χ4n) is 3.07. The third kappa shape index (κ3) is 4.86. The van der Waals surface area contributed by atoms with Crippen LogP contribution in [0.25, 0.3) is 0 Å². The highest BCUT2D eigenvalue weighted by Crippen LogP contribution is 2.32. The molecule has 1 saturated heterocycles. The van der Waals surface area contributed by atoms with Gasteiger partial charge in [-0.25, -0.2) is 0 Å². The van der Waals surface area contributed by atoms with Crippen LogP contribution in [0.1, 0.15) is 26.3 Å². The average molecular weight is 347 g/mol. The summed E-state index contributed by atoms with van der Waals surface area (Å²) in [5, 5.41) is 3.08. The van der Waals surface area contributed by atoms with Crippen molar-refractivity contribution >= 4 is 5.91 Å². The summed E-state index contributed by atoms with van der Waals surface area (Å²) in [6.45, 7) is 11.8. The molecule has 1 amide bonds. The predicted octanol–water partition coefficient (Wildman–Crippen LogP) is 1.69. The minimum absolute atomic E-state index is 0.130. The molecule has 0 unspecified atom stereocenters. The van der Waals surface area contributed by atoms with Crippen LogP contribution in [0.5, 0.6) is 11.5 Å². The summed E-state index contributed by atoms with van der Waals surface area (Å²) < 4.78 is 10.8. The van der Waals surface area contributed by atoms with E-state index in [1.807, 2.05) is 6.07 Å². The van der Waals surface area contributed by atoms with Crippen molar-refractivity contribution in [3.63, 3.8) is 0 Å². The van der Waals surface area contributed by atoms with Gasteiger partial charge in [-0.1, -0.05) is 19.9 Å². The van der Waals surface area contributed by atoms with Crippen molar-refractivity contribution in [3.05, 3.63) is 23.8 Å². The lowest BCUT2D eigenvalue weighted by molar-refractivity contribution is -0.123. The molecule has 1 aromatic rings. The topological polar surface area (TPSA) is 54.0 Å². The molecular formula is C19H29N3O3. The number of carbonyl (C=O) groups is 1. The zero-order valence-corrected chi connectivity index (χ0v) is 15.5. The Hall–Kier alpha value is -1.79. The number of hydrogen-bond acceptors (Lipinski definition) is 5. The molecule has 2 aliphatic heterocycles. The van der Waals surface area contributed by atoms with Crippen molar-refractivity contribution < 1.29 is 14.3 Å². The van der Waals surface area contributed by atoms with E-state index in [1.54, 1.807) is 0 Å². The first kappa shape index (κ1) is 18.0. The molecule has 6 heteroatoms. The number of nitrogens with one attached hydrogen (secondary N) is 1. The van der Waals surface area contributed by atoms with Crippen LogP contribution < -0.4 is 14.8 Å². The van der Waals surface area contributed by atoms with Crippen LogP contribution in [-0.4, -0.2) is 61.3 Å². The molecule has 1 N–H and O–H groups in total. The Balaban J connectivity index is 1.42. The Labute approximate surface area is 150 Å². The van der Waals surface area contributed by atoms with E-state index < -0.39 is 0 Å². The van der Waals surface area contributed by atoms with Gasteiger partial charge in [-0.05, 0) is 30.5 Å². The lowest BCUT2D eigenvalue weighted by Crippen LogP contribution is -2.50. The summed E-state index contributed by atoms with van der Waals surface area (Å²) in [4.78, 5) is 16.8. The minimum Gasteiger partial charge on any atom is -0.454 e. The quantitative estimate of drug-likeness (QED) is 0.849. The number of benzene rings is 1. The maximum Gasteiger partial charge on any atom is 0.234 e. The van der Waals surface area contributed by atoms with Crippen LogP contribution >= 0.6 is 0 Å². The maximum atomic E-state index is 12.1. The highest BCUT2D eigenvalue weighted by Gasteiger charge is 2.21. The van der Waals surface area contributed by atoms with Crippen molar-refractivity contribution in [2.24, 2.45) is 5.92 Å². The van der Waals surface area contributed by atoms with E-state index in [4.69, 9.17) is 9.47 Å². The molecule has 0 spiro atoms. The summed E-state index contributed by atoms with van der Waals surface area (Å²) in [5.74, 6) is 2.26. The largest absolute Gasteiger partial charge is 0.454 e. The third-order valence-corrected chi connectivity index (χ3v) is 5.06. The Kier molecular flexibility index (Phi) is 5.81. The van der Waals surface area contributed by atoms with Crippen molar-refractivity contribution in [2.75, 3.05) is 39.5 Å². The number of rotatable bonds is 6. The van der Waals surface area contributed by atoms with Gasteiger partial charge in [-0.2, -0.15) is 0 Å². The van der Waals surface area contributed by atoms with Crippen molar-refractivity contribution in [2.45, 2.75) is 33.4 Å². The van der Waals surface area contributed by atoms with Crippen LogP contribution in [0.2, 0.25) is 0 Å². The molecule has 0 saturated carbocycles. The van der Waals surface area contributed by atoms with Crippen LogP contribution in [0, 0.1) is 5.92 Å². The summed E-state index contributed by atoms with van der Waals surface area (Å²) in [7, 11) is 0. The standard InChI is InChI=1S/C19H29N3O3/c1-14(2)15(3)20-19(23)12-22-8-6-21(7-9-22)11-16-4-5-17-18(10-16)25-13-24-17/h4-5,10,14-15H,6-9,11-13H2,1-3H3,(H,20,23)/t15-/m1/s1. The third-order valence-electron chi connectivity index (χ3n) is 5.06. The first-order valence-corrected chi connectivity index (χ1v) is 9.14. The van der Waals surface area contributed by atoms with Gasteiger partial charge in [-0.15, -0.1) is 0 Å². The normalized spacial score (nSPS) is 19.2. The molecule has 2 heterocycles. The second-order valence-corrected chi connectivity index (χ2v) is 7.34. The van der Waals surface area contributed by atoms with Crippen molar-refractivity contribution in [3.8, 4) is 11.5 Å². The monoisotopic (exact) mass is 347 g/mol. The Morgan fingerprint density at radius 3 is 2.48 bits per heavy atom. The number of nitrogens with zero attached hydrogens (tertiary/aromatic N) is 2. The fraction of sp³-hybridized carbons (Fsp3) is 0.632. The first-order chi connectivity index (χ1) is 12.0. The molecule has 1 fully saturated rings. The van der Waals surface area contributed by atoms with Crippen LogP contribution in [0.4, 0.5) is 0 Å². The lowest BCUT2D eigenvalue weighted by Gasteiger charge is -2.34. The maximum absolute atomic E-state index is 12.1. The number of ether oxygens (including phenoxy) is 2. The van der Waals surface area contributed by atoms with Crippen LogP contribution in [0.3, 0.4) is 0 Å². The molecule has 0 aliphatic carbocycles. The van der Waals surface area contributed by atoms with Crippen LogP contribution in [-0.2, 0) is 11.3 Å². The smallest absolute Gasteiger partial charge is 0.234 e. The van der Waals surface area contributed by atoms with E-state index in [9.17, 15) is 4.79 Å². The predicted molar refractivity (Wildman–Crippen MR) is 96.7 cm³/mol. The summed E-state index contributed by atoms with van der Waals surface area (Å²) in [6.07, 6.45) is 0. The SMILES string of the molecule is CC(C)[C@@H](C)NC(=O)CN1CCN(Cc2ccc3c(c2)OCO3)CC1. The van der Waals surface area contributed by atoms with Gasteiger partial charge in [0.2, 0.25) is 12.7 Å². The average Bonchev–Trinajstić information content (AvgIpc) is 3.04. The Bertz CT molecular complexity index is 598. The van der Waals surface area contributed by atoms with Gasteiger partial charge in [0, 0.05) is 38.8 Å².